The summed E-state index contributed by atoms with van der Waals surface area (Å²) in [5.74, 6) is -0.220. The molecule has 1 atom stereocenters. The SMILES string of the molecule is Nc1nc2c(c(C(=O)N3CCCC(C(=O)c4ccccn4)C3)n1)CCCC2. The molecule has 27 heavy (non-hydrogen) atoms. The van der Waals surface area contributed by atoms with E-state index < -0.39 is 0 Å². The Labute approximate surface area is 158 Å². The summed E-state index contributed by atoms with van der Waals surface area (Å²) >= 11 is 0. The van der Waals surface area contributed by atoms with Crippen LogP contribution >= 0.6 is 0 Å². The fourth-order valence-electron chi connectivity index (χ4n) is 4.03. The normalized spacial score (nSPS) is 19.4. The number of Topliss-reactive ketones (excluding diaryl/α,β-unsaturated/α-hetero) is 1. The van der Waals surface area contributed by atoms with E-state index in [4.69, 9.17) is 5.73 Å². The average molecular weight is 365 g/mol. The Morgan fingerprint density at radius 1 is 1.11 bits per heavy atom. The predicted octanol–water partition coefficient (Wildman–Crippen LogP) is 2.07. The molecule has 1 saturated heterocycles. The summed E-state index contributed by atoms with van der Waals surface area (Å²) in [6.07, 6.45) is 6.91. The molecule has 2 aliphatic rings. The highest BCUT2D eigenvalue weighted by Crippen LogP contribution is 2.26. The molecular formula is C20H23N5O2. The summed E-state index contributed by atoms with van der Waals surface area (Å²) in [5, 5.41) is 0. The quantitative estimate of drug-likeness (QED) is 0.836. The van der Waals surface area contributed by atoms with Crippen LogP contribution in [-0.4, -0.2) is 44.6 Å². The third kappa shape index (κ3) is 3.54. The van der Waals surface area contributed by atoms with E-state index in [1.807, 2.05) is 6.07 Å². The molecule has 0 spiro atoms. The number of nitrogens with zero attached hydrogens (tertiary/aromatic N) is 4. The first kappa shape index (κ1) is 17.6. The largest absolute Gasteiger partial charge is 0.368 e. The van der Waals surface area contributed by atoms with Gasteiger partial charge in [-0.15, -0.1) is 0 Å². The monoisotopic (exact) mass is 365 g/mol. The summed E-state index contributed by atoms with van der Waals surface area (Å²) in [6.45, 7) is 1.02. The van der Waals surface area contributed by atoms with Crippen LogP contribution in [0.5, 0.6) is 0 Å². The third-order valence-electron chi connectivity index (χ3n) is 5.40. The molecule has 1 amide bonds. The molecule has 3 heterocycles. The van der Waals surface area contributed by atoms with Crippen molar-refractivity contribution in [2.45, 2.75) is 38.5 Å². The number of carbonyl (C=O) groups is 2. The second kappa shape index (κ2) is 7.42. The number of fused-ring (bicyclic) bond motifs is 1. The Kier molecular flexibility index (Phi) is 4.83. The minimum absolute atomic E-state index is 0.00247. The Morgan fingerprint density at radius 2 is 1.96 bits per heavy atom. The van der Waals surface area contributed by atoms with E-state index in [2.05, 4.69) is 15.0 Å². The van der Waals surface area contributed by atoms with E-state index in [1.165, 1.54) is 0 Å². The van der Waals surface area contributed by atoms with Crippen molar-refractivity contribution in [3.05, 3.63) is 47.0 Å². The number of nitrogen functional groups attached to an aromatic ring is 1. The number of likely N-dealkylation sites (tertiary alicyclic amines) is 1. The predicted molar refractivity (Wildman–Crippen MR) is 100 cm³/mol. The Morgan fingerprint density at radius 3 is 2.78 bits per heavy atom. The number of carbonyl (C=O) groups excluding carboxylic acids is 2. The number of piperidine rings is 1. The molecule has 7 heteroatoms. The minimum Gasteiger partial charge on any atom is -0.368 e. The van der Waals surface area contributed by atoms with Gasteiger partial charge in [-0.1, -0.05) is 6.07 Å². The van der Waals surface area contributed by atoms with Crippen molar-refractivity contribution in [3.63, 3.8) is 0 Å². The Hall–Kier alpha value is -2.83. The van der Waals surface area contributed by atoms with Crippen LogP contribution in [0.15, 0.2) is 24.4 Å². The number of ketones is 1. The van der Waals surface area contributed by atoms with Crippen LogP contribution in [-0.2, 0) is 12.8 Å². The standard InChI is InChI=1S/C20H23N5O2/c21-20-23-15-8-2-1-7-14(15)17(24-20)19(27)25-11-5-6-13(12-25)18(26)16-9-3-4-10-22-16/h3-4,9-10,13H,1-2,5-8,11-12H2,(H2,21,23,24). The Bertz CT molecular complexity index is 868. The lowest BCUT2D eigenvalue weighted by molar-refractivity contribution is 0.0629. The summed E-state index contributed by atoms with van der Waals surface area (Å²) in [7, 11) is 0. The van der Waals surface area contributed by atoms with Gasteiger partial charge in [-0.3, -0.25) is 14.6 Å². The van der Waals surface area contributed by atoms with Gasteiger partial charge in [-0.2, -0.15) is 0 Å². The van der Waals surface area contributed by atoms with E-state index in [0.29, 0.717) is 24.5 Å². The van der Waals surface area contributed by atoms with Gasteiger partial charge in [-0.05, 0) is 50.7 Å². The number of anilines is 1. The summed E-state index contributed by atoms with van der Waals surface area (Å²) in [5.41, 5.74) is 8.55. The molecule has 0 aromatic carbocycles. The van der Waals surface area contributed by atoms with Gasteiger partial charge in [-0.25, -0.2) is 9.97 Å². The van der Waals surface area contributed by atoms with Gasteiger partial charge < -0.3 is 10.6 Å². The van der Waals surface area contributed by atoms with Crippen molar-refractivity contribution in [2.24, 2.45) is 5.92 Å². The van der Waals surface area contributed by atoms with Crippen LogP contribution < -0.4 is 5.73 Å². The summed E-state index contributed by atoms with van der Waals surface area (Å²) in [4.78, 5) is 40.4. The lowest BCUT2D eigenvalue weighted by atomic mass is 9.90. The number of aromatic nitrogens is 3. The highest BCUT2D eigenvalue weighted by molar-refractivity contribution is 5.98. The van der Waals surface area contributed by atoms with Gasteiger partial charge in [0.05, 0.1) is 0 Å². The van der Waals surface area contributed by atoms with E-state index >= 15 is 0 Å². The smallest absolute Gasteiger partial charge is 0.272 e. The maximum Gasteiger partial charge on any atom is 0.272 e. The van der Waals surface area contributed by atoms with Gasteiger partial charge in [0.1, 0.15) is 11.4 Å². The van der Waals surface area contributed by atoms with Crippen LogP contribution in [0.3, 0.4) is 0 Å². The first-order valence-corrected chi connectivity index (χ1v) is 9.53. The molecule has 2 N–H and O–H groups in total. The molecule has 1 fully saturated rings. The molecule has 0 bridgehead atoms. The van der Waals surface area contributed by atoms with E-state index in [9.17, 15) is 9.59 Å². The summed E-state index contributed by atoms with van der Waals surface area (Å²) in [6, 6.07) is 5.32. The van der Waals surface area contributed by atoms with Crippen molar-refractivity contribution in [2.75, 3.05) is 18.8 Å². The van der Waals surface area contributed by atoms with E-state index in [-0.39, 0.29) is 23.6 Å². The fraction of sp³-hybridized carbons (Fsp3) is 0.450. The number of pyridine rings is 1. The molecule has 140 valence electrons. The van der Waals surface area contributed by atoms with Crippen molar-refractivity contribution in [3.8, 4) is 0 Å². The van der Waals surface area contributed by atoms with Gasteiger partial charge in [0.25, 0.3) is 5.91 Å². The topological polar surface area (TPSA) is 102 Å². The third-order valence-corrected chi connectivity index (χ3v) is 5.40. The van der Waals surface area contributed by atoms with Gasteiger partial charge >= 0.3 is 0 Å². The molecule has 1 aliphatic carbocycles. The average Bonchev–Trinajstić information content (AvgIpc) is 2.72. The molecule has 0 radical (unpaired) electrons. The number of hydrogen-bond donors (Lipinski definition) is 1. The maximum absolute atomic E-state index is 13.2. The highest BCUT2D eigenvalue weighted by atomic mass is 16.2. The summed E-state index contributed by atoms with van der Waals surface area (Å²) < 4.78 is 0. The first-order chi connectivity index (χ1) is 13.1. The van der Waals surface area contributed by atoms with Crippen LogP contribution in [0, 0.1) is 5.92 Å². The molecule has 2 aromatic heterocycles. The van der Waals surface area contributed by atoms with Crippen LogP contribution in [0.4, 0.5) is 5.95 Å². The minimum atomic E-state index is -0.229. The zero-order chi connectivity index (χ0) is 18.8. The first-order valence-electron chi connectivity index (χ1n) is 9.53. The van der Waals surface area contributed by atoms with Gasteiger partial charge in [0.15, 0.2) is 5.78 Å². The fourth-order valence-corrected chi connectivity index (χ4v) is 4.03. The van der Waals surface area contributed by atoms with E-state index in [1.54, 1.807) is 23.2 Å². The lowest BCUT2D eigenvalue weighted by Crippen LogP contribution is -2.43. The second-order valence-corrected chi connectivity index (χ2v) is 7.23. The zero-order valence-corrected chi connectivity index (χ0v) is 15.2. The maximum atomic E-state index is 13.2. The van der Waals surface area contributed by atoms with Crippen molar-refractivity contribution < 1.29 is 9.59 Å². The van der Waals surface area contributed by atoms with Gasteiger partial charge in [0.2, 0.25) is 5.95 Å². The van der Waals surface area contributed by atoms with Gasteiger partial charge in [0, 0.05) is 36.5 Å². The van der Waals surface area contributed by atoms with Crippen LogP contribution in [0.2, 0.25) is 0 Å². The number of amides is 1. The van der Waals surface area contributed by atoms with Crippen LogP contribution in [0.25, 0.3) is 0 Å². The number of nitrogens with two attached hydrogens (primary N) is 1. The molecule has 2 aromatic rings. The molecule has 1 aliphatic heterocycles. The molecule has 4 rings (SSSR count). The highest BCUT2D eigenvalue weighted by Gasteiger charge is 2.32. The Balaban J connectivity index is 1.56. The second-order valence-electron chi connectivity index (χ2n) is 7.23. The van der Waals surface area contributed by atoms with Crippen molar-refractivity contribution in [1.29, 1.82) is 0 Å². The molecular weight excluding hydrogens is 342 g/mol. The van der Waals surface area contributed by atoms with Crippen LogP contribution in [0.1, 0.15) is 57.9 Å². The zero-order valence-electron chi connectivity index (χ0n) is 15.2. The number of aryl methyl sites for hydroxylation is 1. The molecule has 1 unspecified atom stereocenters. The number of rotatable bonds is 3. The van der Waals surface area contributed by atoms with Crippen molar-refractivity contribution >= 4 is 17.6 Å². The van der Waals surface area contributed by atoms with E-state index in [0.717, 1.165) is 49.8 Å². The lowest BCUT2D eigenvalue weighted by Gasteiger charge is -2.32. The molecule has 7 nitrogen and oxygen atoms in total. The number of hydrogen-bond acceptors (Lipinski definition) is 6. The molecule has 0 saturated carbocycles. The van der Waals surface area contributed by atoms with Crippen molar-refractivity contribution in [1.82, 2.24) is 19.9 Å².